The molecule has 7 heteroatoms. The second kappa shape index (κ2) is 8.63. The summed E-state index contributed by atoms with van der Waals surface area (Å²) in [6, 6.07) is 11.5. The molecule has 2 aromatic carbocycles. The summed E-state index contributed by atoms with van der Waals surface area (Å²) in [7, 11) is 3.24. The van der Waals surface area contributed by atoms with Crippen molar-refractivity contribution >= 4 is 11.6 Å². The molecule has 3 aromatic rings. The van der Waals surface area contributed by atoms with Gasteiger partial charge >= 0.3 is 0 Å². The van der Waals surface area contributed by atoms with E-state index in [1.165, 1.54) is 0 Å². The van der Waals surface area contributed by atoms with Crippen molar-refractivity contribution in [3.05, 3.63) is 64.2 Å². The lowest BCUT2D eigenvalue weighted by atomic mass is 9.98. The lowest BCUT2D eigenvalue weighted by molar-refractivity contribution is 0.0636. The highest BCUT2D eigenvalue weighted by Crippen LogP contribution is 2.43. The van der Waals surface area contributed by atoms with Gasteiger partial charge in [-0.05, 0) is 31.2 Å². The minimum atomic E-state index is -0.380. The molecule has 28 heavy (non-hydrogen) atoms. The number of benzene rings is 2. The van der Waals surface area contributed by atoms with E-state index >= 15 is 0 Å². The monoisotopic (exact) mass is 401 g/mol. The third-order valence-electron chi connectivity index (χ3n) is 4.50. The van der Waals surface area contributed by atoms with Gasteiger partial charge in [0.25, 0.3) is 0 Å². The molecule has 2 heterocycles. The standard InChI is InChI=1S/C19H18ClN3O3.C2H6/c1-11-21-22-17-10-26-18(13-5-4-6-16(24-2)19(13)25-3)14-9-12(20)7-8-15(14)23(11)17;1-2/h4-9,18H,10H2,1-3H3;1-2H3. The number of hydrogen-bond acceptors (Lipinski definition) is 5. The number of ether oxygens (including phenoxy) is 3. The highest BCUT2D eigenvalue weighted by atomic mass is 35.5. The number of aromatic nitrogens is 3. The van der Waals surface area contributed by atoms with Crippen LogP contribution in [0.1, 0.15) is 42.7 Å². The molecule has 6 nitrogen and oxygen atoms in total. The fourth-order valence-corrected chi connectivity index (χ4v) is 3.56. The number of methoxy groups -OCH3 is 2. The second-order valence-corrected chi connectivity index (χ2v) is 6.41. The fraction of sp³-hybridized carbons (Fsp3) is 0.333. The topological polar surface area (TPSA) is 58.4 Å². The van der Waals surface area contributed by atoms with Crippen molar-refractivity contribution in [2.24, 2.45) is 0 Å². The summed E-state index contributed by atoms with van der Waals surface area (Å²) in [5.41, 5.74) is 2.73. The van der Waals surface area contributed by atoms with Crippen LogP contribution in [0, 0.1) is 6.92 Å². The highest BCUT2D eigenvalue weighted by Gasteiger charge is 2.29. The third kappa shape index (κ3) is 3.45. The Kier molecular flexibility index (Phi) is 6.21. The van der Waals surface area contributed by atoms with Gasteiger partial charge in [-0.2, -0.15) is 0 Å². The van der Waals surface area contributed by atoms with Gasteiger partial charge in [0, 0.05) is 16.1 Å². The van der Waals surface area contributed by atoms with Crippen LogP contribution in [-0.4, -0.2) is 29.0 Å². The Morgan fingerprint density at radius 3 is 2.57 bits per heavy atom. The third-order valence-corrected chi connectivity index (χ3v) is 4.73. The first kappa shape index (κ1) is 20.2. The Balaban J connectivity index is 0.00000109. The first-order valence-corrected chi connectivity index (χ1v) is 9.55. The maximum absolute atomic E-state index is 6.30. The molecule has 0 saturated carbocycles. The average Bonchev–Trinajstić information content (AvgIpc) is 3.01. The number of aryl methyl sites for hydroxylation is 1. The molecule has 0 bridgehead atoms. The van der Waals surface area contributed by atoms with Crippen molar-refractivity contribution in [3.63, 3.8) is 0 Å². The van der Waals surface area contributed by atoms with Crippen LogP contribution in [0.15, 0.2) is 36.4 Å². The predicted molar refractivity (Wildman–Crippen MR) is 109 cm³/mol. The molecule has 1 aromatic heterocycles. The van der Waals surface area contributed by atoms with Gasteiger partial charge in [-0.25, -0.2) is 0 Å². The summed E-state index contributed by atoms with van der Waals surface area (Å²) in [5.74, 6) is 2.83. The number of rotatable bonds is 3. The van der Waals surface area contributed by atoms with Crippen molar-refractivity contribution in [3.8, 4) is 17.2 Å². The van der Waals surface area contributed by atoms with Crippen LogP contribution in [-0.2, 0) is 11.3 Å². The largest absolute Gasteiger partial charge is 0.493 e. The summed E-state index contributed by atoms with van der Waals surface area (Å²) in [6.07, 6.45) is -0.380. The SMILES string of the molecule is CC.COc1cccc(C2OCc3nnc(C)n3-c3ccc(Cl)cc32)c1OC. The lowest BCUT2D eigenvalue weighted by Gasteiger charge is -2.22. The van der Waals surface area contributed by atoms with Gasteiger partial charge in [-0.1, -0.05) is 37.6 Å². The molecule has 4 rings (SSSR count). The maximum atomic E-state index is 6.30. The van der Waals surface area contributed by atoms with Crippen LogP contribution in [0.3, 0.4) is 0 Å². The van der Waals surface area contributed by atoms with E-state index in [9.17, 15) is 0 Å². The Morgan fingerprint density at radius 2 is 1.86 bits per heavy atom. The van der Waals surface area contributed by atoms with Crippen LogP contribution < -0.4 is 9.47 Å². The molecule has 0 radical (unpaired) electrons. The van der Waals surface area contributed by atoms with E-state index in [0.717, 1.165) is 28.5 Å². The number of hydrogen-bond donors (Lipinski definition) is 0. The van der Waals surface area contributed by atoms with Gasteiger partial charge < -0.3 is 14.2 Å². The zero-order valence-corrected chi connectivity index (χ0v) is 17.4. The summed E-state index contributed by atoms with van der Waals surface area (Å²) in [5, 5.41) is 9.05. The minimum Gasteiger partial charge on any atom is -0.493 e. The first-order valence-electron chi connectivity index (χ1n) is 9.17. The quantitative estimate of drug-likeness (QED) is 0.625. The van der Waals surface area contributed by atoms with Crippen molar-refractivity contribution in [1.82, 2.24) is 14.8 Å². The summed E-state index contributed by atoms with van der Waals surface area (Å²) in [6.45, 7) is 6.24. The number of nitrogens with zero attached hydrogens (tertiary/aromatic N) is 3. The molecule has 0 fully saturated rings. The number of halogens is 1. The molecular formula is C21H24ClN3O3. The van der Waals surface area contributed by atoms with Gasteiger partial charge in [0.2, 0.25) is 0 Å². The zero-order valence-electron chi connectivity index (χ0n) is 16.7. The van der Waals surface area contributed by atoms with Crippen molar-refractivity contribution in [2.75, 3.05) is 14.2 Å². The summed E-state index contributed by atoms with van der Waals surface area (Å²) >= 11 is 6.30. The van der Waals surface area contributed by atoms with E-state index in [-0.39, 0.29) is 6.10 Å². The van der Waals surface area contributed by atoms with Gasteiger partial charge in [-0.15, -0.1) is 10.2 Å². The van der Waals surface area contributed by atoms with Crippen molar-refractivity contribution in [1.29, 1.82) is 0 Å². The molecule has 1 atom stereocenters. The maximum Gasteiger partial charge on any atom is 0.166 e. The van der Waals surface area contributed by atoms with E-state index in [1.807, 2.05) is 61.7 Å². The Labute approximate surface area is 170 Å². The van der Waals surface area contributed by atoms with Crippen LogP contribution in [0.5, 0.6) is 11.5 Å². The molecular weight excluding hydrogens is 378 g/mol. The average molecular weight is 402 g/mol. The van der Waals surface area contributed by atoms with Gasteiger partial charge in [-0.3, -0.25) is 4.57 Å². The van der Waals surface area contributed by atoms with E-state index in [0.29, 0.717) is 23.1 Å². The summed E-state index contributed by atoms with van der Waals surface area (Å²) in [4.78, 5) is 0. The van der Waals surface area contributed by atoms with E-state index < -0.39 is 0 Å². The van der Waals surface area contributed by atoms with E-state index in [2.05, 4.69) is 10.2 Å². The molecule has 0 aliphatic carbocycles. The van der Waals surface area contributed by atoms with E-state index in [4.69, 9.17) is 25.8 Å². The number of para-hydroxylation sites is 1. The van der Waals surface area contributed by atoms with Crippen molar-refractivity contribution < 1.29 is 14.2 Å². The van der Waals surface area contributed by atoms with Gasteiger partial charge in [0.05, 0.1) is 19.9 Å². The van der Waals surface area contributed by atoms with Crippen molar-refractivity contribution in [2.45, 2.75) is 33.5 Å². The van der Waals surface area contributed by atoms with E-state index in [1.54, 1.807) is 14.2 Å². The molecule has 1 aliphatic heterocycles. The van der Waals surface area contributed by atoms with Gasteiger partial charge in [0.1, 0.15) is 18.5 Å². The molecule has 1 unspecified atom stereocenters. The first-order chi connectivity index (χ1) is 13.6. The molecule has 0 saturated heterocycles. The molecule has 0 amide bonds. The molecule has 148 valence electrons. The minimum absolute atomic E-state index is 0.318. The Morgan fingerprint density at radius 1 is 1.07 bits per heavy atom. The van der Waals surface area contributed by atoms with Gasteiger partial charge in [0.15, 0.2) is 17.3 Å². The van der Waals surface area contributed by atoms with Crippen LogP contribution >= 0.6 is 11.6 Å². The highest BCUT2D eigenvalue weighted by molar-refractivity contribution is 6.30. The van der Waals surface area contributed by atoms with Crippen LogP contribution in [0.2, 0.25) is 5.02 Å². The summed E-state index contributed by atoms with van der Waals surface area (Å²) < 4.78 is 19.3. The Bertz CT molecular complexity index is 972. The molecule has 0 spiro atoms. The second-order valence-electron chi connectivity index (χ2n) is 5.98. The lowest BCUT2D eigenvalue weighted by Crippen LogP contribution is -2.09. The fourth-order valence-electron chi connectivity index (χ4n) is 3.38. The van der Waals surface area contributed by atoms with Crippen LogP contribution in [0.4, 0.5) is 0 Å². The Hall–Kier alpha value is -2.57. The number of fused-ring (bicyclic) bond motifs is 3. The molecule has 0 N–H and O–H groups in total. The smallest absolute Gasteiger partial charge is 0.166 e. The predicted octanol–water partition coefficient (Wildman–Crippen LogP) is 4.89. The zero-order chi connectivity index (χ0) is 20.3. The molecule has 1 aliphatic rings. The van der Waals surface area contributed by atoms with Crippen LogP contribution in [0.25, 0.3) is 5.69 Å². The normalized spacial score (nSPS) is 14.9.